The number of ether oxygens (including phenoxy) is 3. The van der Waals surface area contributed by atoms with Crippen LogP contribution in [0.1, 0.15) is 43.0 Å². The van der Waals surface area contributed by atoms with Crippen molar-refractivity contribution < 1.29 is 32.2 Å². The number of hydrogen-bond acceptors (Lipinski definition) is 7. The molecule has 1 heterocycles. The Balaban J connectivity index is 1.67. The van der Waals surface area contributed by atoms with Gasteiger partial charge in [0.25, 0.3) is 5.91 Å². The molecular formula is C24H30N2O7S. The number of carbonyl (C=O) groups is 2. The molecule has 0 aliphatic carbocycles. The highest BCUT2D eigenvalue weighted by Gasteiger charge is 2.26. The number of amides is 1. The molecule has 1 saturated heterocycles. The molecule has 1 aliphatic heterocycles. The smallest absolute Gasteiger partial charge is 0.338 e. The van der Waals surface area contributed by atoms with Crippen molar-refractivity contribution in [2.75, 3.05) is 38.7 Å². The second-order valence-corrected chi connectivity index (χ2v) is 9.70. The number of nitrogens with one attached hydrogen (secondary N) is 1. The first-order valence-corrected chi connectivity index (χ1v) is 12.7. The summed E-state index contributed by atoms with van der Waals surface area (Å²) in [6, 6.07) is 10.6. The third kappa shape index (κ3) is 6.48. The molecule has 9 nitrogen and oxygen atoms in total. The molecule has 3 rings (SSSR count). The van der Waals surface area contributed by atoms with Gasteiger partial charge in [0.05, 0.1) is 29.9 Å². The molecule has 1 amide bonds. The van der Waals surface area contributed by atoms with Crippen LogP contribution in [-0.2, 0) is 19.6 Å². The number of anilines is 1. The van der Waals surface area contributed by atoms with Gasteiger partial charge in [0.1, 0.15) is 11.5 Å². The van der Waals surface area contributed by atoms with Gasteiger partial charge in [-0.25, -0.2) is 13.2 Å². The highest BCUT2D eigenvalue weighted by atomic mass is 32.2. The summed E-state index contributed by atoms with van der Waals surface area (Å²) in [7, 11) is -2.24. The number of hydrogen-bond donors (Lipinski definition) is 1. The van der Waals surface area contributed by atoms with Gasteiger partial charge in [-0.1, -0.05) is 12.8 Å². The van der Waals surface area contributed by atoms with Gasteiger partial charge in [-0.15, -0.1) is 0 Å². The van der Waals surface area contributed by atoms with E-state index < -0.39 is 21.9 Å². The van der Waals surface area contributed by atoms with Gasteiger partial charge in [-0.2, -0.15) is 4.31 Å². The molecule has 1 aliphatic rings. The maximum absolute atomic E-state index is 13.1. The molecule has 0 bridgehead atoms. The second-order valence-electron chi connectivity index (χ2n) is 7.76. The highest BCUT2D eigenvalue weighted by molar-refractivity contribution is 7.89. The summed E-state index contributed by atoms with van der Waals surface area (Å²) >= 11 is 0. The zero-order valence-electron chi connectivity index (χ0n) is 19.4. The van der Waals surface area contributed by atoms with Crippen LogP contribution in [0.5, 0.6) is 11.5 Å². The normalized spacial score (nSPS) is 14.6. The number of esters is 1. The van der Waals surface area contributed by atoms with Crippen LogP contribution < -0.4 is 14.8 Å². The van der Waals surface area contributed by atoms with E-state index in [2.05, 4.69) is 5.32 Å². The van der Waals surface area contributed by atoms with Crippen molar-refractivity contribution in [3.8, 4) is 11.5 Å². The first-order chi connectivity index (χ1) is 16.3. The van der Waals surface area contributed by atoms with Crippen LogP contribution in [0, 0.1) is 0 Å². The van der Waals surface area contributed by atoms with E-state index in [0.29, 0.717) is 30.2 Å². The van der Waals surface area contributed by atoms with Crippen molar-refractivity contribution in [2.45, 2.75) is 37.5 Å². The van der Waals surface area contributed by atoms with Crippen LogP contribution >= 0.6 is 0 Å². The molecule has 34 heavy (non-hydrogen) atoms. The fourth-order valence-corrected chi connectivity index (χ4v) is 5.16. The molecule has 0 spiro atoms. The van der Waals surface area contributed by atoms with Gasteiger partial charge in [0, 0.05) is 13.1 Å². The fourth-order valence-electron chi connectivity index (χ4n) is 3.61. The summed E-state index contributed by atoms with van der Waals surface area (Å²) < 4.78 is 43.4. The predicted octanol–water partition coefficient (Wildman–Crippen LogP) is 3.45. The SMILES string of the molecule is CCOC(=O)c1ccc(OCC(=O)Nc2cc(S(=O)(=O)N3CCCCCC3)ccc2OC)cc1. The predicted molar refractivity (Wildman–Crippen MR) is 127 cm³/mol. The van der Waals surface area contributed by atoms with Crippen molar-refractivity contribution in [1.29, 1.82) is 0 Å². The lowest BCUT2D eigenvalue weighted by Gasteiger charge is -2.21. The van der Waals surface area contributed by atoms with Crippen molar-refractivity contribution in [3.05, 3.63) is 48.0 Å². The molecule has 0 radical (unpaired) electrons. The number of rotatable bonds is 9. The minimum Gasteiger partial charge on any atom is -0.495 e. The topological polar surface area (TPSA) is 111 Å². The van der Waals surface area contributed by atoms with Crippen LogP contribution in [0.3, 0.4) is 0 Å². The molecule has 0 saturated carbocycles. The van der Waals surface area contributed by atoms with Crippen LogP contribution in [0.2, 0.25) is 0 Å². The number of sulfonamides is 1. The van der Waals surface area contributed by atoms with E-state index in [1.165, 1.54) is 29.6 Å². The van der Waals surface area contributed by atoms with Crippen LogP contribution in [-0.4, -0.2) is 58.0 Å². The molecule has 10 heteroatoms. The number of benzene rings is 2. The van der Waals surface area contributed by atoms with Crippen molar-refractivity contribution in [1.82, 2.24) is 4.31 Å². The van der Waals surface area contributed by atoms with E-state index in [0.717, 1.165) is 25.7 Å². The Hall–Kier alpha value is -3.11. The fraction of sp³-hybridized carbons (Fsp3) is 0.417. The Labute approximate surface area is 200 Å². The summed E-state index contributed by atoms with van der Waals surface area (Å²) in [6.45, 7) is 2.66. The Morgan fingerprint density at radius 1 is 1.00 bits per heavy atom. The average molecular weight is 491 g/mol. The lowest BCUT2D eigenvalue weighted by molar-refractivity contribution is -0.118. The minimum absolute atomic E-state index is 0.0981. The second kappa shape index (κ2) is 11.8. The van der Waals surface area contributed by atoms with E-state index in [1.54, 1.807) is 31.2 Å². The molecule has 1 N–H and O–H groups in total. The molecule has 1 fully saturated rings. The number of nitrogens with zero attached hydrogens (tertiary/aromatic N) is 1. The minimum atomic E-state index is -3.68. The largest absolute Gasteiger partial charge is 0.495 e. The van der Waals surface area contributed by atoms with Gasteiger partial charge < -0.3 is 19.5 Å². The van der Waals surface area contributed by atoms with E-state index in [4.69, 9.17) is 14.2 Å². The van der Waals surface area contributed by atoms with E-state index >= 15 is 0 Å². The quantitative estimate of drug-likeness (QED) is 0.536. The van der Waals surface area contributed by atoms with Gasteiger partial charge in [0.15, 0.2) is 6.61 Å². The Kier molecular flexibility index (Phi) is 8.89. The van der Waals surface area contributed by atoms with Gasteiger partial charge in [-0.05, 0) is 62.2 Å². The van der Waals surface area contributed by atoms with Gasteiger partial charge in [0.2, 0.25) is 10.0 Å². The van der Waals surface area contributed by atoms with Crippen LogP contribution in [0.4, 0.5) is 5.69 Å². The number of methoxy groups -OCH3 is 1. The first kappa shape index (κ1) is 25.5. The lowest BCUT2D eigenvalue weighted by atomic mass is 10.2. The summed E-state index contributed by atoms with van der Waals surface area (Å²) in [5.74, 6) is -0.194. The summed E-state index contributed by atoms with van der Waals surface area (Å²) in [6.07, 6.45) is 3.69. The molecule has 0 atom stereocenters. The molecule has 184 valence electrons. The maximum atomic E-state index is 13.1. The van der Waals surface area contributed by atoms with E-state index in [9.17, 15) is 18.0 Å². The standard InChI is InChI=1S/C24H30N2O7S/c1-3-32-24(28)18-8-10-19(11-9-18)33-17-23(27)25-21-16-20(12-13-22(21)31-2)34(29,30)26-14-6-4-5-7-15-26/h8-13,16H,3-7,14-15,17H2,1-2H3,(H,25,27). The third-order valence-electron chi connectivity index (χ3n) is 5.38. The van der Waals surface area contributed by atoms with Crippen molar-refractivity contribution >= 4 is 27.6 Å². The Morgan fingerprint density at radius 2 is 1.68 bits per heavy atom. The molecule has 2 aromatic carbocycles. The third-order valence-corrected chi connectivity index (χ3v) is 7.28. The first-order valence-electron chi connectivity index (χ1n) is 11.2. The van der Waals surface area contributed by atoms with Crippen molar-refractivity contribution in [3.63, 3.8) is 0 Å². The zero-order chi connectivity index (χ0) is 24.6. The Bertz CT molecular complexity index is 1090. The maximum Gasteiger partial charge on any atom is 0.338 e. The molecule has 0 unspecified atom stereocenters. The van der Waals surface area contributed by atoms with Crippen LogP contribution in [0.25, 0.3) is 0 Å². The van der Waals surface area contributed by atoms with E-state index in [-0.39, 0.29) is 23.8 Å². The summed E-state index contributed by atoms with van der Waals surface area (Å²) in [4.78, 5) is 24.3. The molecular weight excluding hydrogens is 460 g/mol. The summed E-state index contributed by atoms with van der Waals surface area (Å²) in [5, 5.41) is 2.66. The highest BCUT2D eigenvalue weighted by Crippen LogP contribution is 2.30. The van der Waals surface area contributed by atoms with Crippen molar-refractivity contribution in [2.24, 2.45) is 0 Å². The Morgan fingerprint density at radius 3 is 2.29 bits per heavy atom. The van der Waals surface area contributed by atoms with Gasteiger partial charge >= 0.3 is 5.97 Å². The molecule has 2 aromatic rings. The van der Waals surface area contributed by atoms with Gasteiger partial charge in [-0.3, -0.25) is 4.79 Å². The monoisotopic (exact) mass is 490 g/mol. The average Bonchev–Trinajstić information content (AvgIpc) is 3.13. The number of carbonyl (C=O) groups excluding carboxylic acids is 2. The van der Waals surface area contributed by atoms with Crippen LogP contribution in [0.15, 0.2) is 47.4 Å². The zero-order valence-corrected chi connectivity index (χ0v) is 20.2. The summed E-state index contributed by atoms with van der Waals surface area (Å²) in [5.41, 5.74) is 0.621. The van der Waals surface area contributed by atoms with E-state index in [1.807, 2.05) is 0 Å². The molecule has 0 aromatic heterocycles. The lowest BCUT2D eigenvalue weighted by Crippen LogP contribution is -2.32.